The van der Waals surface area contributed by atoms with E-state index in [-0.39, 0.29) is 12.5 Å². The van der Waals surface area contributed by atoms with Crippen LogP contribution in [0.5, 0.6) is 0 Å². The summed E-state index contributed by atoms with van der Waals surface area (Å²) in [7, 11) is 4.02. The fraction of sp³-hybridized carbons (Fsp3) is 0.533. The number of aliphatic hydroxyl groups is 1. The molecule has 0 aliphatic carbocycles. The predicted molar refractivity (Wildman–Crippen MR) is 77.1 cm³/mol. The lowest BCUT2D eigenvalue weighted by Crippen LogP contribution is -2.48. The van der Waals surface area contributed by atoms with Crippen LogP contribution in [0.1, 0.15) is 36.2 Å². The summed E-state index contributed by atoms with van der Waals surface area (Å²) in [6, 6.07) is 7.55. The molecule has 0 saturated carbocycles. The van der Waals surface area contributed by atoms with E-state index in [1.807, 2.05) is 52.2 Å². The predicted octanol–water partition coefficient (Wildman–Crippen LogP) is 1.64. The quantitative estimate of drug-likeness (QED) is 0.821. The third kappa shape index (κ3) is 4.65. The Labute approximate surface area is 115 Å². The Morgan fingerprint density at radius 2 is 1.89 bits per heavy atom. The second kappa shape index (κ2) is 6.68. The third-order valence-corrected chi connectivity index (χ3v) is 3.26. The molecule has 0 fully saturated rings. The van der Waals surface area contributed by atoms with E-state index < -0.39 is 5.54 Å². The van der Waals surface area contributed by atoms with Crippen molar-refractivity contribution in [1.29, 1.82) is 0 Å². The minimum absolute atomic E-state index is 0.0616. The Morgan fingerprint density at radius 1 is 1.32 bits per heavy atom. The van der Waals surface area contributed by atoms with Crippen molar-refractivity contribution < 1.29 is 9.90 Å². The zero-order valence-corrected chi connectivity index (χ0v) is 12.2. The van der Waals surface area contributed by atoms with Crippen molar-refractivity contribution in [3.05, 3.63) is 35.4 Å². The van der Waals surface area contributed by atoms with E-state index in [9.17, 15) is 9.90 Å². The van der Waals surface area contributed by atoms with Crippen LogP contribution in [0.4, 0.5) is 0 Å². The van der Waals surface area contributed by atoms with Gasteiger partial charge < -0.3 is 15.3 Å². The number of nitrogens with one attached hydrogen (secondary N) is 1. The zero-order chi connectivity index (χ0) is 14.5. The molecule has 1 unspecified atom stereocenters. The molecule has 1 amide bonds. The Bertz CT molecular complexity index is 409. The highest BCUT2D eigenvalue weighted by atomic mass is 16.3. The van der Waals surface area contributed by atoms with Crippen LogP contribution in [0.25, 0.3) is 0 Å². The number of rotatable bonds is 6. The van der Waals surface area contributed by atoms with Crippen LogP contribution in [0.15, 0.2) is 24.3 Å². The van der Waals surface area contributed by atoms with Gasteiger partial charge >= 0.3 is 0 Å². The van der Waals surface area contributed by atoms with Gasteiger partial charge in [0.05, 0.1) is 12.1 Å². The van der Waals surface area contributed by atoms with Gasteiger partial charge in [-0.2, -0.15) is 0 Å². The number of carbonyl (C=O) groups is 1. The molecule has 0 aromatic heterocycles. The maximum Gasteiger partial charge on any atom is 0.251 e. The fourth-order valence-electron chi connectivity index (χ4n) is 1.71. The van der Waals surface area contributed by atoms with Crippen molar-refractivity contribution >= 4 is 5.91 Å². The van der Waals surface area contributed by atoms with E-state index in [0.29, 0.717) is 12.0 Å². The molecule has 0 aliphatic rings. The van der Waals surface area contributed by atoms with Crippen molar-refractivity contribution in [1.82, 2.24) is 10.2 Å². The molecule has 19 heavy (non-hydrogen) atoms. The number of carbonyl (C=O) groups excluding carboxylic acids is 1. The van der Waals surface area contributed by atoms with E-state index in [1.165, 1.54) is 5.56 Å². The molecule has 0 spiro atoms. The molecule has 1 rings (SSSR count). The van der Waals surface area contributed by atoms with Crippen molar-refractivity contribution in [3.8, 4) is 0 Å². The number of amides is 1. The highest BCUT2D eigenvalue weighted by Crippen LogP contribution is 2.11. The summed E-state index contributed by atoms with van der Waals surface area (Å²) >= 11 is 0. The maximum absolute atomic E-state index is 12.1. The van der Waals surface area contributed by atoms with Crippen LogP contribution in [0.3, 0.4) is 0 Å². The van der Waals surface area contributed by atoms with Gasteiger partial charge in [-0.25, -0.2) is 0 Å². The van der Waals surface area contributed by atoms with Gasteiger partial charge in [-0.1, -0.05) is 19.1 Å². The lowest BCUT2D eigenvalue weighted by Gasteiger charge is -2.27. The SMILES string of the molecule is CCC(C)(CO)NC(=O)c1ccc(CN(C)C)cc1. The number of aliphatic hydroxyl groups excluding tert-OH is 1. The Morgan fingerprint density at radius 3 is 2.32 bits per heavy atom. The first-order valence-corrected chi connectivity index (χ1v) is 6.57. The van der Waals surface area contributed by atoms with Crippen molar-refractivity contribution in [2.75, 3.05) is 20.7 Å². The lowest BCUT2D eigenvalue weighted by molar-refractivity contribution is 0.0847. The minimum atomic E-state index is -0.556. The van der Waals surface area contributed by atoms with Crippen LogP contribution in [0, 0.1) is 0 Å². The largest absolute Gasteiger partial charge is 0.394 e. The molecule has 0 aliphatic heterocycles. The molecule has 4 heteroatoms. The first kappa shape index (κ1) is 15.7. The summed E-state index contributed by atoms with van der Waals surface area (Å²) in [5.41, 5.74) is 1.23. The monoisotopic (exact) mass is 264 g/mol. The molecule has 0 heterocycles. The van der Waals surface area contributed by atoms with E-state index >= 15 is 0 Å². The highest BCUT2D eigenvalue weighted by Gasteiger charge is 2.23. The van der Waals surface area contributed by atoms with E-state index in [0.717, 1.165) is 6.54 Å². The average Bonchev–Trinajstić information content (AvgIpc) is 2.38. The van der Waals surface area contributed by atoms with E-state index in [4.69, 9.17) is 0 Å². The van der Waals surface area contributed by atoms with Gasteiger partial charge in [-0.3, -0.25) is 4.79 Å². The molecule has 2 N–H and O–H groups in total. The van der Waals surface area contributed by atoms with Gasteiger partial charge in [0.1, 0.15) is 0 Å². The van der Waals surface area contributed by atoms with Crippen LogP contribution in [0.2, 0.25) is 0 Å². The molecule has 1 aromatic carbocycles. The van der Waals surface area contributed by atoms with Gasteiger partial charge in [0, 0.05) is 12.1 Å². The minimum Gasteiger partial charge on any atom is -0.394 e. The first-order valence-electron chi connectivity index (χ1n) is 6.57. The van der Waals surface area contributed by atoms with Crippen LogP contribution < -0.4 is 5.32 Å². The normalized spacial score (nSPS) is 14.2. The molecule has 0 bridgehead atoms. The van der Waals surface area contributed by atoms with Crippen LogP contribution in [-0.2, 0) is 6.54 Å². The Kier molecular flexibility index (Phi) is 5.51. The number of benzene rings is 1. The molecular weight excluding hydrogens is 240 g/mol. The van der Waals surface area contributed by atoms with Gasteiger partial charge in [0.15, 0.2) is 0 Å². The van der Waals surface area contributed by atoms with Gasteiger partial charge in [-0.05, 0) is 45.1 Å². The highest BCUT2D eigenvalue weighted by molar-refractivity contribution is 5.94. The van der Waals surface area contributed by atoms with E-state index in [1.54, 1.807) is 0 Å². The summed E-state index contributed by atoms with van der Waals surface area (Å²) in [4.78, 5) is 14.2. The average molecular weight is 264 g/mol. The first-order chi connectivity index (χ1) is 8.90. The topological polar surface area (TPSA) is 52.6 Å². The molecule has 0 saturated heterocycles. The van der Waals surface area contributed by atoms with Crippen molar-refractivity contribution in [3.63, 3.8) is 0 Å². The molecular formula is C15H24N2O2. The summed E-state index contributed by atoms with van der Waals surface area (Å²) in [6.07, 6.45) is 0.688. The summed E-state index contributed by atoms with van der Waals surface area (Å²) in [5, 5.41) is 12.2. The molecule has 0 radical (unpaired) electrons. The lowest BCUT2D eigenvalue weighted by atomic mass is 9.99. The molecule has 106 valence electrons. The summed E-state index contributed by atoms with van der Waals surface area (Å²) in [6.45, 7) is 4.57. The maximum atomic E-state index is 12.1. The van der Waals surface area contributed by atoms with Crippen molar-refractivity contribution in [2.24, 2.45) is 0 Å². The number of nitrogens with zero attached hydrogens (tertiary/aromatic N) is 1. The zero-order valence-electron chi connectivity index (χ0n) is 12.2. The number of hydrogen-bond acceptors (Lipinski definition) is 3. The van der Waals surface area contributed by atoms with E-state index in [2.05, 4.69) is 10.2 Å². The van der Waals surface area contributed by atoms with Crippen LogP contribution in [-0.4, -0.2) is 42.2 Å². The smallest absolute Gasteiger partial charge is 0.251 e. The third-order valence-electron chi connectivity index (χ3n) is 3.26. The van der Waals surface area contributed by atoms with Crippen molar-refractivity contribution in [2.45, 2.75) is 32.4 Å². The standard InChI is InChI=1S/C15H24N2O2/c1-5-15(2,11-18)16-14(19)13-8-6-12(7-9-13)10-17(3)4/h6-9,18H,5,10-11H2,1-4H3,(H,16,19). The second-order valence-electron chi connectivity index (χ2n) is 5.46. The summed E-state index contributed by atoms with van der Waals surface area (Å²) < 4.78 is 0. The van der Waals surface area contributed by atoms with Crippen LogP contribution >= 0.6 is 0 Å². The number of hydrogen-bond donors (Lipinski definition) is 2. The van der Waals surface area contributed by atoms with Gasteiger partial charge in [0.25, 0.3) is 5.91 Å². The molecule has 4 nitrogen and oxygen atoms in total. The van der Waals surface area contributed by atoms with Gasteiger partial charge in [0.2, 0.25) is 0 Å². The summed E-state index contributed by atoms with van der Waals surface area (Å²) in [5.74, 6) is -0.144. The Hall–Kier alpha value is -1.39. The molecule has 1 atom stereocenters. The Balaban J connectivity index is 2.73. The second-order valence-corrected chi connectivity index (χ2v) is 5.46. The fourth-order valence-corrected chi connectivity index (χ4v) is 1.71. The molecule has 1 aromatic rings. The van der Waals surface area contributed by atoms with Gasteiger partial charge in [-0.15, -0.1) is 0 Å².